The highest BCUT2D eigenvalue weighted by Gasteiger charge is 2.07. The average molecular weight is 254 g/mol. The molecule has 0 radical (unpaired) electrons. The van der Waals surface area contributed by atoms with Gasteiger partial charge >= 0.3 is 0 Å². The maximum absolute atomic E-state index is 6.18. The molecule has 2 nitrogen and oxygen atoms in total. The lowest BCUT2D eigenvalue weighted by molar-refractivity contribution is 0.555. The first-order valence-electron chi connectivity index (χ1n) is 6.83. The molecule has 0 saturated carbocycles. The summed E-state index contributed by atoms with van der Waals surface area (Å²) in [6.07, 6.45) is 1.89. The third-order valence-corrected chi connectivity index (χ3v) is 3.38. The minimum absolute atomic E-state index is 0.0795. The maximum Gasteiger partial charge on any atom is 0.0295 e. The largest absolute Gasteiger partial charge is 0.328 e. The molecule has 0 aliphatic carbocycles. The Hall–Kier alpha value is -1.64. The van der Waals surface area contributed by atoms with Crippen LogP contribution in [0, 0.1) is 0 Å². The van der Waals surface area contributed by atoms with E-state index in [0.29, 0.717) is 0 Å². The van der Waals surface area contributed by atoms with E-state index >= 15 is 0 Å². The molecule has 0 aliphatic heterocycles. The molecule has 0 bridgehead atoms. The van der Waals surface area contributed by atoms with Crippen LogP contribution < -0.4 is 11.5 Å². The van der Waals surface area contributed by atoms with Crippen molar-refractivity contribution < 1.29 is 0 Å². The number of benzene rings is 2. The molecule has 2 aromatic rings. The molecule has 0 spiro atoms. The molecular formula is C17H22N2. The Morgan fingerprint density at radius 2 is 1.37 bits per heavy atom. The SMILES string of the molecule is CC(N)CCC(N)c1ccc(-c2ccccc2)cc1. The van der Waals surface area contributed by atoms with Gasteiger partial charge in [-0.05, 0) is 36.5 Å². The first kappa shape index (κ1) is 13.8. The second kappa shape index (κ2) is 6.50. The zero-order chi connectivity index (χ0) is 13.7. The van der Waals surface area contributed by atoms with Crippen LogP contribution >= 0.6 is 0 Å². The average Bonchev–Trinajstić information content (AvgIpc) is 2.46. The Morgan fingerprint density at radius 3 is 1.95 bits per heavy atom. The van der Waals surface area contributed by atoms with Crippen molar-refractivity contribution in [3.8, 4) is 11.1 Å². The highest BCUT2D eigenvalue weighted by molar-refractivity contribution is 5.63. The smallest absolute Gasteiger partial charge is 0.0295 e. The van der Waals surface area contributed by atoms with Gasteiger partial charge in [0.05, 0.1) is 0 Å². The molecule has 2 heteroatoms. The predicted octanol–water partition coefficient (Wildman–Crippen LogP) is 3.48. The summed E-state index contributed by atoms with van der Waals surface area (Å²) in [5, 5.41) is 0. The van der Waals surface area contributed by atoms with Gasteiger partial charge in [0.2, 0.25) is 0 Å². The first-order chi connectivity index (χ1) is 9.16. The Kier molecular flexibility index (Phi) is 4.72. The van der Waals surface area contributed by atoms with Crippen molar-refractivity contribution in [3.05, 3.63) is 60.2 Å². The van der Waals surface area contributed by atoms with E-state index in [4.69, 9.17) is 11.5 Å². The third kappa shape index (κ3) is 3.91. The van der Waals surface area contributed by atoms with Crippen molar-refractivity contribution in [3.63, 3.8) is 0 Å². The Morgan fingerprint density at radius 1 is 0.789 bits per heavy atom. The second-order valence-corrected chi connectivity index (χ2v) is 5.15. The van der Waals surface area contributed by atoms with Crippen molar-refractivity contribution in [2.24, 2.45) is 11.5 Å². The van der Waals surface area contributed by atoms with E-state index in [1.54, 1.807) is 0 Å². The lowest BCUT2D eigenvalue weighted by atomic mass is 9.98. The summed E-state index contributed by atoms with van der Waals surface area (Å²) in [6.45, 7) is 2.02. The molecule has 19 heavy (non-hydrogen) atoms. The molecule has 4 N–H and O–H groups in total. The van der Waals surface area contributed by atoms with Gasteiger partial charge in [0.1, 0.15) is 0 Å². The molecule has 0 aliphatic rings. The van der Waals surface area contributed by atoms with Gasteiger partial charge in [-0.3, -0.25) is 0 Å². The number of hydrogen-bond acceptors (Lipinski definition) is 2. The fourth-order valence-corrected chi connectivity index (χ4v) is 2.16. The van der Waals surface area contributed by atoms with Crippen LogP contribution in [0.3, 0.4) is 0 Å². The molecule has 0 fully saturated rings. The van der Waals surface area contributed by atoms with E-state index in [0.717, 1.165) is 12.8 Å². The monoisotopic (exact) mass is 254 g/mol. The molecule has 2 aromatic carbocycles. The van der Waals surface area contributed by atoms with Crippen LogP contribution in [0.25, 0.3) is 11.1 Å². The molecular weight excluding hydrogens is 232 g/mol. The van der Waals surface area contributed by atoms with Crippen LogP contribution in [0.1, 0.15) is 31.4 Å². The van der Waals surface area contributed by atoms with Gasteiger partial charge in [0.25, 0.3) is 0 Å². The topological polar surface area (TPSA) is 52.0 Å². The van der Waals surface area contributed by atoms with Crippen LogP contribution in [0.15, 0.2) is 54.6 Å². The highest BCUT2D eigenvalue weighted by atomic mass is 14.6. The molecule has 2 atom stereocenters. The summed E-state index contributed by atoms with van der Waals surface area (Å²) in [7, 11) is 0. The van der Waals surface area contributed by atoms with Gasteiger partial charge in [-0.15, -0.1) is 0 Å². The summed E-state index contributed by atoms with van der Waals surface area (Å²) in [5.41, 5.74) is 15.6. The van der Waals surface area contributed by atoms with Crippen molar-refractivity contribution in [1.29, 1.82) is 0 Å². The van der Waals surface area contributed by atoms with Crippen molar-refractivity contribution in [2.75, 3.05) is 0 Å². The number of nitrogens with two attached hydrogens (primary N) is 2. The fourth-order valence-electron chi connectivity index (χ4n) is 2.16. The van der Waals surface area contributed by atoms with E-state index in [-0.39, 0.29) is 12.1 Å². The van der Waals surface area contributed by atoms with E-state index in [9.17, 15) is 0 Å². The van der Waals surface area contributed by atoms with Crippen molar-refractivity contribution in [2.45, 2.75) is 31.8 Å². The Labute approximate surface area is 115 Å². The highest BCUT2D eigenvalue weighted by Crippen LogP contribution is 2.22. The van der Waals surface area contributed by atoms with Gasteiger partial charge in [0, 0.05) is 12.1 Å². The van der Waals surface area contributed by atoms with Gasteiger partial charge in [-0.25, -0.2) is 0 Å². The minimum atomic E-state index is 0.0795. The molecule has 2 rings (SSSR count). The predicted molar refractivity (Wildman–Crippen MR) is 81.7 cm³/mol. The zero-order valence-electron chi connectivity index (χ0n) is 11.4. The van der Waals surface area contributed by atoms with Crippen LogP contribution in [0.4, 0.5) is 0 Å². The Bertz CT molecular complexity index is 488. The molecule has 2 unspecified atom stereocenters. The summed E-state index contributed by atoms with van der Waals surface area (Å²) >= 11 is 0. The number of hydrogen-bond donors (Lipinski definition) is 2. The fraction of sp³-hybridized carbons (Fsp3) is 0.294. The second-order valence-electron chi connectivity index (χ2n) is 5.15. The van der Waals surface area contributed by atoms with Gasteiger partial charge < -0.3 is 11.5 Å². The molecule has 0 heterocycles. The summed E-state index contributed by atoms with van der Waals surface area (Å²) in [6, 6.07) is 19.2. The molecule has 0 amide bonds. The van der Waals surface area contributed by atoms with Crippen molar-refractivity contribution >= 4 is 0 Å². The van der Waals surface area contributed by atoms with Gasteiger partial charge in [0.15, 0.2) is 0 Å². The summed E-state index contributed by atoms with van der Waals surface area (Å²) in [5.74, 6) is 0. The minimum Gasteiger partial charge on any atom is -0.328 e. The lowest BCUT2D eigenvalue weighted by Gasteiger charge is -2.14. The standard InChI is InChI=1S/C17H22N2/c1-13(18)7-12-17(19)16-10-8-15(9-11-16)14-5-3-2-4-6-14/h2-6,8-11,13,17H,7,12,18-19H2,1H3. The van der Waals surface area contributed by atoms with Crippen LogP contribution in [-0.4, -0.2) is 6.04 Å². The number of rotatable bonds is 5. The quantitative estimate of drug-likeness (QED) is 0.858. The molecule has 0 saturated heterocycles. The van der Waals surface area contributed by atoms with E-state index in [1.807, 2.05) is 13.0 Å². The van der Waals surface area contributed by atoms with Gasteiger partial charge in [-0.2, -0.15) is 0 Å². The van der Waals surface area contributed by atoms with E-state index < -0.39 is 0 Å². The maximum atomic E-state index is 6.18. The van der Waals surface area contributed by atoms with E-state index in [1.165, 1.54) is 16.7 Å². The van der Waals surface area contributed by atoms with Crippen LogP contribution in [-0.2, 0) is 0 Å². The molecule has 0 aromatic heterocycles. The third-order valence-electron chi connectivity index (χ3n) is 3.38. The first-order valence-corrected chi connectivity index (χ1v) is 6.83. The summed E-state index contributed by atoms with van der Waals surface area (Å²) in [4.78, 5) is 0. The Balaban J connectivity index is 2.06. The summed E-state index contributed by atoms with van der Waals surface area (Å²) < 4.78 is 0. The van der Waals surface area contributed by atoms with Crippen molar-refractivity contribution in [1.82, 2.24) is 0 Å². The van der Waals surface area contributed by atoms with Crippen LogP contribution in [0.5, 0.6) is 0 Å². The van der Waals surface area contributed by atoms with Gasteiger partial charge in [-0.1, -0.05) is 54.6 Å². The molecule has 100 valence electrons. The zero-order valence-corrected chi connectivity index (χ0v) is 11.4. The lowest BCUT2D eigenvalue weighted by Crippen LogP contribution is -2.18. The normalized spacial score (nSPS) is 14.1. The van der Waals surface area contributed by atoms with Crippen LogP contribution in [0.2, 0.25) is 0 Å². The van der Waals surface area contributed by atoms with E-state index in [2.05, 4.69) is 48.5 Å².